The molecule has 656 valence electrons. The Morgan fingerprint density at radius 2 is 0.917 bits per heavy atom. The summed E-state index contributed by atoms with van der Waals surface area (Å²) in [5.74, 6) is -1.35. The van der Waals surface area contributed by atoms with Gasteiger partial charge >= 0.3 is 6.09 Å². The predicted octanol–water partition coefficient (Wildman–Crippen LogP) is 11.1. The molecule has 3 amide bonds. The molecule has 2 saturated carbocycles. The van der Waals surface area contributed by atoms with E-state index >= 15 is 8.78 Å². The Bertz CT molecular complexity index is 4780. The number of ether oxygens (including phenoxy) is 9. The number of nitrogens with zero attached hydrogens (tertiary/aromatic N) is 12. The Morgan fingerprint density at radius 1 is 0.504 bits per heavy atom. The molecule has 30 heteroatoms. The van der Waals surface area contributed by atoms with Crippen molar-refractivity contribution in [1.82, 2.24) is 54.0 Å². The van der Waals surface area contributed by atoms with Crippen LogP contribution in [-0.4, -0.2) is 243 Å². The third kappa shape index (κ3) is 28.7. The first-order chi connectivity index (χ1) is 58.4. The lowest BCUT2D eigenvalue weighted by Gasteiger charge is -2.40. The number of hydrogen-bond acceptors (Lipinski definition) is 23. The summed E-state index contributed by atoms with van der Waals surface area (Å²) >= 11 is 0. The molecule has 0 bridgehead atoms. The molecule has 121 heavy (non-hydrogen) atoms. The highest BCUT2D eigenvalue weighted by Gasteiger charge is 2.33. The van der Waals surface area contributed by atoms with Crippen LogP contribution in [0.5, 0.6) is 11.5 Å². The number of anilines is 2. The van der Waals surface area contributed by atoms with Gasteiger partial charge in [-0.15, -0.1) is 0 Å². The number of carbonyl (C=O) groups excluding carboxylic acids is 3. The van der Waals surface area contributed by atoms with E-state index in [0.717, 1.165) is 123 Å². The van der Waals surface area contributed by atoms with E-state index in [0.29, 0.717) is 138 Å². The van der Waals surface area contributed by atoms with Gasteiger partial charge < -0.3 is 82.4 Å². The number of amides is 3. The van der Waals surface area contributed by atoms with Crippen LogP contribution < -0.4 is 41.2 Å². The van der Waals surface area contributed by atoms with Gasteiger partial charge in [0.2, 0.25) is 11.8 Å². The van der Waals surface area contributed by atoms with Crippen LogP contribution in [0.1, 0.15) is 142 Å². The van der Waals surface area contributed by atoms with E-state index in [1.54, 1.807) is 51.9 Å². The topological polar surface area (TPSA) is 287 Å². The van der Waals surface area contributed by atoms with E-state index < -0.39 is 23.3 Å². The number of aromatic nitrogens is 6. The minimum atomic E-state index is -0.616. The first-order valence-electron chi connectivity index (χ1n) is 42.7. The lowest BCUT2D eigenvalue weighted by atomic mass is 10.0. The molecule has 6 aromatic heterocycles. The van der Waals surface area contributed by atoms with Crippen molar-refractivity contribution in [3.05, 3.63) is 187 Å². The third-order valence-corrected chi connectivity index (χ3v) is 21.8. The molecule has 2 saturated heterocycles. The van der Waals surface area contributed by atoms with Crippen molar-refractivity contribution in [1.29, 1.82) is 0 Å². The van der Waals surface area contributed by atoms with Crippen LogP contribution in [0, 0.1) is 39.3 Å². The zero-order valence-electron chi connectivity index (χ0n) is 72.1. The molecule has 4 fully saturated rings. The first-order valence-corrected chi connectivity index (χ1v) is 42.7. The van der Waals surface area contributed by atoms with E-state index in [4.69, 9.17) is 48.4 Å². The quantitative estimate of drug-likeness (QED) is 0.0335. The van der Waals surface area contributed by atoms with Crippen molar-refractivity contribution in [3.8, 4) is 11.5 Å². The Hall–Kier alpha value is -9.63. The monoisotopic (exact) mass is 1670 g/mol. The maximum Gasteiger partial charge on any atom is 0.407 e. The van der Waals surface area contributed by atoms with Crippen LogP contribution in [-0.2, 0) is 68.9 Å². The molecule has 3 N–H and O–H groups in total. The highest BCUT2D eigenvalue weighted by molar-refractivity contribution is 5.83. The fourth-order valence-electron chi connectivity index (χ4n) is 15.0. The van der Waals surface area contributed by atoms with E-state index in [1.165, 1.54) is 17.0 Å². The van der Waals surface area contributed by atoms with Crippen LogP contribution in [0.25, 0.3) is 21.8 Å². The van der Waals surface area contributed by atoms with Gasteiger partial charge in [0.25, 0.3) is 0 Å². The van der Waals surface area contributed by atoms with Gasteiger partial charge in [0, 0.05) is 185 Å². The molecule has 2 aliphatic heterocycles. The molecular weight excluding hydrogens is 1550 g/mol. The van der Waals surface area contributed by atoms with E-state index in [2.05, 4.69) is 78.3 Å². The number of halogens is 2. The number of hydrogen-bond donors (Lipinski definition) is 2. The summed E-state index contributed by atoms with van der Waals surface area (Å²) < 4.78 is 85.5. The number of likely N-dealkylation sites (N-methyl/N-ethyl adjacent to an activating group) is 2. The molecule has 0 spiro atoms. The standard InChI is InChI=1S/C48H66FN7O8.C43H58FN7O6/c1-34-9-10-39(29-52-34)54-17-7-8-40(33-54)55(30-36-13-15-50-35(2)26-36)31-37-32-56(38-11-12-38)43-28-44(42(49)27-41(43)46(37)58)63-21-18-53(6)45(57)14-19-60-22-24-62-25-23-61-20-16-51-47(59)64-48(3,4)5;1-31-6-7-36(26-47-31)49-14-4-5-37(30-49)50(27-33-10-13-46-32(2)23-33)28-34-29-51(35-8-9-35)40-25-41(39(44)24-38(40)43(34)53)57-18-15-48(3)42(52)11-16-54-19-21-56-22-20-55-17-12-45/h9-10,13,15,26-29,32,38,40H,7-8,11-12,14,16-25,30-31,33H2,1-6H3,(H,51,59);6-7,10,13,23-26,29,35,37H,4-5,8-9,11-12,14-22,27-28,30,45H2,1-3H3/t40-;37-/m00/s1. The molecule has 2 atom stereocenters. The second kappa shape index (κ2) is 46.0. The number of aryl methyl sites for hydroxylation is 4. The van der Waals surface area contributed by atoms with Crippen LogP contribution in [0.4, 0.5) is 25.0 Å². The summed E-state index contributed by atoms with van der Waals surface area (Å²) in [5, 5.41) is 3.30. The number of nitrogens with two attached hydrogens (primary N) is 1. The van der Waals surface area contributed by atoms with E-state index in [-0.39, 0.29) is 111 Å². The van der Waals surface area contributed by atoms with Crippen LogP contribution >= 0.6 is 0 Å². The van der Waals surface area contributed by atoms with Gasteiger partial charge in [-0.1, -0.05) is 0 Å². The summed E-state index contributed by atoms with van der Waals surface area (Å²) in [4.78, 5) is 96.2. The SMILES string of the molecule is Cc1ccc(N2CCC[C@H](N(Cc3ccnc(C)c3)Cc3cn(C4CC4)c4cc(OCCN(C)C(=O)CCOCCOCCOCCN)c(F)cc4c3=O)C2)cn1.Cc1ccc(N2CCC[C@H](N(Cc3ccnc(C)c3)Cc3cn(C4CC4)c4cc(OCCN(C)C(=O)CCOCCOCCOCCNC(=O)OC(C)(C)C)c(F)cc4c3=O)C2)cn1. The number of nitrogens with one attached hydrogen (secondary N) is 1. The van der Waals surface area contributed by atoms with Gasteiger partial charge in [0.15, 0.2) is 34.0 Å². The normalized spacial score (nSPS) is 15.6. The average Bonchev–Trinajstić information content (AvgIpc) is 1.74. The highest BCUT2D eigenvalue weighted by atomic mass is 19.1. The summed E-state index contributed by atoms with van der Waals surface area (Å²) in [7, 11) is 3.35. The summed E-state index contributed by atoms with van der Waals surface area (Å²) in [6.07, 6.45) is 19.3. The smallest absolute Gasteiger partial charge is 0.407 e. The Kier molecular flexibility index (Phi) is 35.0. The number of fused-ring (bicyclic) bond motifs is 2. The molecule has 2 aliphatic carbocycles. The lowest BCUT2D eigenvalue weighted by Crippen LogP contribution is -2.48. The van der Waals surface area contributed by atoms with Crippen molar-refractivity contribution in [2.75, 3.05) is 169 Å². The van der Waals surface area contributed by atoms with Crippen molar-refractivity contribution in [3.63, 3.8) is 0 Å². The van der Waals surface area contributed by atoms with Gasteiger partial charge in [0.1, 0.15) is 18.8 Å². The number of alkyl carbamates (subject to hydrolysis) is 1. The average molecular weight is 1680 g/mol. The van der Waals surface area contributed by atoms with Crippen LogP contribution in [0.15, 0.2) is 120 Å². The zero-order chi connectivity index (χ0) is 85.8. The van der Waals surface area contributed by atoms with Crippen molar-refractivity contribution in [2.45, 2.75) is 169 Å². The Labute approximate surface area is 709 Å². The number of benzene rings is 2. The predicted molar refractivity (Wildman–Crippen MR) is 461 cm³/mol. The second-order valence-electron chi connectivity index (χ2n) is 32.8. The summed E-state index contributed by atoms with van der Waals surface area (Å²) in [6, 6.07) is 23.3. The lowest BCUT2D eigenvalue weighted by molar-refractivity contribution is -0.132. The zero-order valence-corrected chi connectivity index (χ0v) is 72.1. The number of pyridine rings is 6. The Morgan fingerprint density at radius 3 is 1.31 bits per heavy atom. The molecular formula is C91H124F2N14O14. The molecule has 12 rings (SSSR count). The van der Waals surface area contributed by atoms with Gasteiger partial charge in [-0.25, -0.2) is 13.6 Å². The van der Waals surface area contributed by atoms with Gasteiger partial charge in [0.05, 0.1) is 140 Å². The van der Waals surface area contributed by atoms with Crippen molar-refractivity contribution < 1.29 is 65.8 Å². The maximum absolute atomic E-state index is 15.8. The third-order valence-electron chi connectivity index (χ3n) is 21.8. The van der Waals surface area contributed by atoms with E-state index in [1.807, 2.05) is 89.1 Å². The van der Waals surface area contributed by atoms with Crippen molar-refractivity contribution >= 4 is 51.1 Å². The number of piperidine rings is 2. The molecule has 28 nitrogen and oxygen atoms in total. The fraction of sp³-hybridized carbons (Fsp3) is 0.549. The molecule has 0 radical (unpaired) electrons. The van der Waals surface area contributed by atoms with E-state index in [9.17, 15) is 24.0 Å². The summed E-state index contributed by atoms with van der Waals surface area (Å²) in [5.41, 5.74) is 15.4. The highest BCUT2D eigenvalue weighted by Crippen LogP contribution is 2.40. The summed E-state index contributed by atoms with van der Waals surface area (Å²) in [6.45, 7) is 25.0. The van der Waals surface area contributed by atoms with Gasteiger partial charge in [-0.2, -0.15) is 0 Å². The Balaban J connectivity index is 0.000000238. The molecule has 0 unspecified atom stereocenters. The maximum atomic E-state index is 15.8. The fourth-order valence-corrected chi connectivity index (χ4v) is 15.0. The first kappa shape index (κ1) is 92.1. The second-order valence-corrected chi connectivity index (χ2v) is 32.8. The largest absolute Gasteiger partial charge is 0.489 e. The number of rotatable bonds is 45. The van der Waals surface area contributed by atoms with Crippen LogP contribution in [0.3, 0.4) is 0 Å². The van der Waals surface area contributed by atoms with Gasteiger partial charge in [-0.3, -0.25) is 48.9 Å². The van der Waals surface area contributed by atoms with Gasteiger partial charge in [-0.05, 0) is 172 Å². The van der Waals surface area contributed by atoms with Crippen LogP contribution in [0.2, 0.25) is 0 Å². The van der Waals surface area contributed by atoms with Crippen molar-refractivity contribution in [2.24, 2.45) is 5.73 Å². The minimum Gasteiger partial charge on any atom is -0.489 e. The number of carbonyl (C=O) groups is 3. The minimum absolute atomic E-state index is 0.0451. The molecule has 8 heterocycles. The molecule has 4 aliphatic rings. The molecule has 8 aromatic rings. The molecule has 2 aromatic carbocycles.